The summed E-state index contributed by atoms with van der Waals surface area (Å²) in [6, 6.07) is 16.9. The van der Waals surface area contributed by atoms with Crippen LogP contribution in [-0.4, -0.2) is 0 Å². The summed E-state index contributed by atoms with van der Waals surface area (Å²) in [6.45, 7) is 4.39. The van der Waals surface area contributed by atoms with Gasteiger partial charge in [-0.15, -0.1) is 0 Å². The van der Waals surface area contributed by atoms with E-state index in [1.807, 2.05) is 12.1 Å². The van der Waals surface area contributed by atoms with E-state index in [0.717, 1.165) is 17.9 Å². The molecule has 9 heteroatoms. The number of benzene rings is 2. The first-order valence-corrected chi connectivity index (χ1v) is 11.4. The van der Waals surface area contributed by atoms with Crippen LogP contribution in [0.1, 0.15) is 26.7 Å². The Bertz CT molecular complexity index is 792. The van der Waals surface area contributed by atoms with Crippen molar-refractivity contribution >= 4 is 18.7 Å². The summed E-state index contributed by atoms with van der Waals surface area (Å²) >= 11 is 0. The molecule has 0 aromatic heterocycles. The van der Waals surface area contributed by atoms with Gasteiger partial charge in [-0.05, 0) is 43.7 Å². The third-order valence-electron chi connectivity index (χ3n) is 3.44. The first-order valence-electron chi connectivity index (χ1n) is 8.12. The zero-order valence-electron chi connectivity index (χ0n) is 14.6. The van der Waals surface area contributed by atoms with Crippen LogP contribution >= 0.6 is 7.81 Å². The van der Waals surface area contributed by atoms with Crippen molar-refractivity contribution in [1.29, 1.82) is 0 Å². The predicted molar refractivity (Wildman–Crippen MR) is 99.1 cm³/mol. The van der Waals surface area contributed by atoms with E-state index in [0.29, 0.717) is 0 Å². The van der Waals surface area contributed by atoms with Crippen molar-refractivity contribution in [2.45, 2.75) is 36.5 Å². The first-order chi connectivity index (χ1) is 12.3. The molecule has 0 amide bonds. The molecule has 1 aliphatic rings. The number of rotatable bonds is 3. The van der Waals surface area contributed by atoms with Gasteiger partial charge in [-0.2, -0.15) is 0 Å². The number of ether oxygens (including phenoxy) is 1. The van der Waals surface area contributed by atoms with Gasteiger partial charge in [0.05, 0.1) is 0 Å². The number of fused-ring (bicyclic) bond motifs is 2. The third-order valence-corrected chi connectivity index (χ3v) is 5.96. The zero-order chi connectivity index (χ0) is 20.4. The van der Waals surface area contributed by atoms with Crippen LogP contribution in [0.5, 0.6) is 11.5 Å². The fraction of sp³-hybridized carbons (Fsp3) is 0.222. The van der Waals surface area contributed by atoms with Crippen LogP contribution in [-0.2, 0) is 10.9 Å². The fourth-order valence-corrected chi connectivity index (χ4v) is 5.03. The Kier molecular flexibility index (Phi) is 5.66. The van der Waals surface area contributed by atoms with Crippen LogP contribution in [0.3, 0.4) is 0 Å². The topological polar surface area (TPSA) is 9.23 Å². The summed E-state index contributed by atoms with van der Waals surface area (Å²) in [7, 11) is -10.7. The second kappa shape index (κ2) is 7.06. The number of halogens is 6. The van der Waals surface area contributed by atoms with E-state index in [-0.39, 0.29) is 10.9 Å². The molecule has 0 spiro atoms. The molecule has 0 saturated heterocycles. The molecule has 0 atom stereocenters. The molecule has 0 aliphatic carbocycles. The van der Waals surface area contributed by atoms with Crippen LogP contribution in [0.15, 0.2) is 69.3 Å². The van der Waals surface area contributed by atoms with E-state index in [2.05, 4.69) is 56.3 Å². The molecule has 0 fully saturated rings. The molecule has 0 N–H and O–H groups in total. The van der Waals surface area contributed by atoms with Gasteiger partial charge < -0.3 is 4.74 Å². The van der Waals surface area contributed by atoms with Crippen molar-refractivity contribution in [3.63, 3.8) is 0 Å². The van der Waals surface area contributed by atoms with Crippen LogP contribution in [0.4, 0.5) is 25.2 Å². The minimum atomic E-state index is -10.7. The van der Waals surface area contributed by atoms with E-state index in [1.54, 1.807) is 0 Å². The van der Waals surface area contributed by atoms with Crippen LogP contribution < -0.4 is 4.74 Å². The van der Waals surface area contributed by atoms with Crippen molar-refractivity contribution in [2.24, 2.45) is 0 Å². The Balaban J connectivity index is 0.000000321. The summed E-state index contributed by atoms with van der Waals surface area (Å²) in [5.74, 6) is 2.01. The molecule has 1 aliphatic heterocycles. The molecular formula is C18H19F6OPS. The van der Waals surface area contributed by atoms with Crippen molar-refractivity contribution in [3.8, 4) is 11.5 Å². The number of hydrogen-bond acceptors (Lipinski definition) is 1. The third kappa shape index (κ3) is 7.11. The van der Waals surface area contributed by atoms with Gasteiger partial charge in [0.25, 0.3) is 0 Å². The molecular weight excluding hydrogens is 409 g/mol. The van der Waals surface area contributed by atoms with Crippen molar-refractivity contribution in [2.75, 3.05) is 0 Å². The summed E-state index contributed by atoms with van der Waals surface area (Å²) < 4.78 is 65.3. The minimum absolute atomic E-state index is 0.00389. The molecule has 27 heavy (non-hydrogen) atoms. The fourth-order valence-electron chi connectivity index (χ4n) is 2.54. The van der Waals surface area contributed by atoms with Crippen molar-refractivity contribution in [3.05, 3.63) is 59.5 Å². The Hall–Kier alpha value is -1.66. The first kappa shape index (κ1) is 21.6. The second-order valence-electron chi connectivity index (χ2n) is 5.77. The van der Waals surface area contributed by atoms with Crippen LogP contribution in [0, 0.1) is 0 Å². The molecule has 0 radical (unpaired) electrons. The Labute approximate surface area is 156 Å². The molecule has 2 aromatic carbocycles. The van der Waals surface area contributed by atoms with Crippen LogP contribution in [0.25, 0.3) is 0 Å². The molecule has 1 heterocycles. The zero-order valence-corrected chi connectivity index (χ0v) is 16.4. The normalized spacial score (nSPS) is 16.7. The summed E-state index contributed by atoms with van der Waals surface area (Å²) in [5.41, 5.74) is 0. The Morgan fingerprint density at radius 3 is 1.67 bits per heavy atom. The summed E-state index contributed by atoms with van der Waals surface area (Å²) in [6.07, 6.45) is 4.60. The van der Waals surface area contributed by atoms with Gasteiger partial charge >= 0.3 is 33.0 Å². The monoisotopic (exact) mass is 428 g/mol. The van der Waals surface area contributed by atoms with Crippen molar-refractivity contribution < 1.29 is 29.9 Å². The van der Waals surface area contributed by atoms with E-state index in [9.17, 15) is 25.2 Å². The van der Waals surface area contributed by atoms with Gasteiger partial charge in [-0.25, -0.2) is 0 Å². The van der Waals surface area contributed by atoms with Gasteiger partial charge in [0.2, 0.25) is 9.79 Å². The molecule has 0 unspecified atom stereocenters. The van der Waals surface area contributed by atoms with Crippen molar-refractivity contribution in [1.82, 2.24) is 0 Å². The van der Waals surface area contributed by atoms with E-state index >= 15 is 0 Å². The molecule has 0 saturated carbocycles. The molecule has 1 nitrogen and oxygen atoms in total. The Morgan fingerprint density at radius 2 is 1.30 bits per heavy atom. The SMILES string of the molecule is C/C=C(/CCC)[S+]1c2ccccc2Oc2ccccc21.F[P-](F)(F)(F)(F)F. The number of para-hydroxylation sites is 2. The number of hydrogen-bond donors (Lipinski definition) is 0. The summed E-state index contributed by atoms with van der Waals surface area (Å²) in [4.78, 5) is 4.14. The van der Waals surface area contributed by atoms with Gasteiger partial charge in [-0.3, -0.25) is 0 Å². The maximum absolute atomic E-state index is 10.7. The quantitative estimate of drug-likeness (QED) is 0.269. The van der Waals surface area contributed by atoms with E-state index in [1.165, 1.54) is 21.1 Å². The molecule has 0 bridgehead atoms. The predicted octanol–water partition coefficient (Wildman–Crippen LogP) is 8.91. The van der Waals surface area contributed by atoms with E-state index in [4.69, 9.17) is 4.74 Å². The standard InChI is InChI=1S/C18H19OS.F6P/c1-3-9-14(4-2)20-17-12-7-5-10-15(17)19-16-11-6-8-13-18(16)20;1-7(2,3,4,5)6/h4-8,10-13H,3,9H2,1-2H3;/q+1;-1/b14-4-;. The maximum atomic E-state index is 9.87. The van der Waals surface area contributed by atoms with Crippen LogP contribution in [0.2, 0.25) is 0 Å². The Morgan fingerprint density at radius 1 is 0.889 bits per heavy atom. The second-order valence-corrected chi connectivity index (χ2v) is 9.70. The number of allylic oxidation sites excluding steroid dienone is 2. The molecule has 3 rings (SSSR count). The summed E-state index contributed by atoms with van der Waals surface area (Å²) in [5, 5.41) is 0. The van der Waals surface area contributed by atoms with E-state index < -0.39 is 7.81 Å². The molecule has 150 valence electrons. The average molecular weight is 428 g/mol. The van der Waals surface area contributed by atoms with Gasteiger partial charge in [0.15, 0.2) is 11.5 Å². The average Bonchev–Trinajstić information content (AvgIpc) is 2.55. The molecule has 2 aromatic rings. The van der Waals surface area contributed by atoms with Gasteiger partial charge in [0.1, 0.15) is 15.8 Å². The van der Waals surface area contributed by atoms with Gasteiger partial charge in [0, 0.05) is 6.42 Å². The van der Waals surface area contributed by atoms with Gasteiger partial charge in [-0.1, -0.05) is 31.2 Å².